The third kappa shape index (κ3) is 4.07. The lowest BCUT2D eigenvalue weighted by atomic mass is 10.1. The molecule has 25 heavy (non-hydrogen) atoms. The number of hydrogen-bond acceptors (Lipinski definition) is 4. The van der Waals surface area contributed by atoms with E-state index >= 15 is 0 Å². The third-order valence-electron chi connectivity index (χ3n) is 4.40. The fourth-order valence-corrected chi connectivity index (χ4v) is 2.75. The number of carbonyl (C=O) groups excluding carboxylic acids is 2. The van der Waals surface area contributed by atoms with Crippen LogP contribution in [-0.4, -0.2) is 38.3 Å². The SMILES string of the molecule is CC(=O)c1cccc(OC(C)C(=O)N(Cc2nccn2C)C2CC2)c1. The number of Topliss-reactive ketones (excluding diaryl/α,β-unsaturated/α-hetero) is 1. The van der Waals surface area contributed by atoms with Gasteiger partial charge in [-0.2, -0.15) is 0 Å². The number of ether oxygens (including phenoxy) is 1. The zero-order chi connectivity index (χ0) is 18.0. The Morgan fingerprint density at radius 1 is 1.40 bits per heavy atom. The van der Waals surface area contributed by atoms with Crippen LogP contribution in [0.15, 0.2) is 36.7 Å². The second kappa shape index (κ2) is 7.09. The van der Waals surface area contributed by atoms with E-state index in [4.69, 9.17) is 4.74 Å². The maximum Gasteiger partial charge on any atom is 0.264 e. The first-order chi connectivity index (χ1) is 12.0. The van der Waals surface area contributed by atoms with Crippen molar-refractivity contribution in [2.24, 2.45) is 7.05 Å². The number of nitrogens with zero attached hydrogens (tertiary/aromatic N) is 3. The van der Waals surface area contributed by atoms with E-state index in [1.165, 1.54) is 6.92 Å². The highest BCUT2D eigenvalue weighted by Gasteiger charge is 2.36. The molecule has 0 aliphatic heterocycles. The van der Waals surface area contributed by atoms with Crippen molar-refractivity contribution in [3.8, 4) is 5.75 Å². The van der Waals surface area contributed by atoms with E-state index < -0.39 is 6.10 Å². The smallest absolute Gasteiger partial charge is 0.264 e. The predicted molar refractivity (Wildman–Crippen MR) is 93.3 cm³/mol. The quantitative estimate of drug-likeness (QED) is 0.726. The molecule has 1 unspecified atom stereocenters. The molecule has 6 heteroatoms. The van der Waals surface area contributed by atoms with Crippen molar-refractivity contribution in [1.82, 2.24) is 14.5 Å². The van der Waals surface area contributed by atoms with Crippen molar-refractivity contribution >= 4 is 11.7 Å². The van der Waals surface area contributed by atoms with Gasteiger partial charge in [0.15, 0.2) is 11.9 Å². The first-order valence-electron chi connectivity index (χ1n) is 8.50. The minimum Gasteiger partial charge on any atom is -0.481 e. The number of rotatable bonds is 7. The van der Waals surface area contributed by atoms with Gasteiger partial charge in [-0.1, -0.05) is 12.1 Å². The number of amides is 1. The van der Waals surface area contributed by atoms with E-state index in [2.05, 4.69) is 4.98 Å². The van der Waals surface area contributed by atoms with Crippen molar-refractivity contribution in [2.45, 2.75) is 45.4 Å². The standard InChI is InChI=1S/C19H23N3O3/c1-13(23)15-5-4-6-17(11-15)25-14(2)19(24)22(16-7-8-16)12-18-20-9-10-21(18)3/h4-6,9-11,14,16H,7-8,12H2,1-3H3. The summed E-state index contributed by atoms with van der Waals surface area (Å²) in [4.78, 5) is 30.5. The van der Waals surface area contributed by atoms with Crippen LogP contribution in [0.25, 0.3) is 0 Å². The maximum absolute atomic E-state index is 12.9. The third-order valence-corrected chi connectivity index (χ3v) is 4.40. The highest BCUT2D eigenvalue weighted by Crippen LogP contribution is 2.29. The van der Waals surface area contributed by atoms with Crippen LogP contribution in [-0.2, 0) is 18.4 Å². The van der Waals surface area contributed by atoms with Crippen molar-refractivity contribution < 1.29 is 14.3 Å². The summed E-state index contributed by atoms with van der Waals surface area (Å²) < 4.78 is 7.73. The number of aromatic nitrogens is 2. The molecule has 2 aromatic rings. The predicted octanol–water partition coefficient (Wildman–Crippen LogP) is 2.58. The summed E-state index contributed by atoms with van der Waals surface area (Å²) in [6.45, 7) is 3.74. The van der Waals surface area contributed by atoms with Gasteiger partial charge >= 0.3 is 0 Å². The normalized spacial score (nSPS) is 14.8. The van der Waals surface area contributed by atoms with Crippen LogP contribution < -0.4 is 4.74 Å². The molecule has 0 saturated heterocycles. The van der Waals surface area contributed by atoms with E-state index in [-0.39, 0.29) is 17.7 Å². The van der Waals surface area contributed by atoms with Gasteiger partial charge in [0.05, 0.1) is 6.54 Å². The summed E-state index contributed by atoms with van der Waals surface area (Å²) in [6, 6.07) is 7.19. The second-order valence-electron chi connectivity index (χ2n) is 6.50. The molecule has 0 N–H and O–H groups in total. The summed E-state index contributed by atoms with van der Waals surface area (Å²) >= 11 is 0. The molecule has 1 aromatic heterocycles. The Kier molecular flexibility index (Phi) is 4.88. The van der Waals surface area contributed by atoms with Crippen LogP contribution in [0.2, 0.25) is 0 Å². The van der Waals surface area contributed by atoms with Crippen LogP contribution in [0.5, 0.6) is 5.75 Å². The summed E-state index contributed by atoms with van der Waals surface area (Å²) in [5, 5.41) is 0. The Morgan fingerprint density at radius 2 is 2.16 bits per heavy atom. The number of hydrogen-bond donors (Lipinski definition) is 0. The van der Waals surface area contributed by atoms with Crippen molar-refractivity contribution in [3.05, 3.63) is 48.0 Å². The van der Waals surface area contributed by atoms with Crippen molar-refractivity contribution in [2.75, 3.05) is 0 Å². The lowest BCUT2D eigenvalue weighted by Crippen LogP contribution is -2.41. The number of imidazole rings is 1. The van der Waals surface area contributed by atoms with Crippen LogP contribution in [0.1, 0.15) is 42.9 Å². The molecule has 0 bridgehead atoms. The Hall–Kier alpha value is -2.63. The van der Waals surface area contributed by atoms with Crippen molar-refractivity contribution in [1.29, 1.82) is 0 Å². The fourth-order valence-electron chi connectivity index (χ4n) is 2.75. The summed E-state index contributed by atoms with van der Waals surface area (Å²) in [5.74, 6) is 1.30. The van der Waals surface area contributed by atoms with Crippen LogP contribution in [0.3, 0.4) is 0 Å². The van der Waals surface area contributed by atoms with E-state index in [0.717, 1.165) is 18.7 Å². The van der Waals surface area contributed by atoms with Gasteiger partial charge in [0.25, 0.3) is 5.91 Å². The molecule has 1 heterocycles. The Balaban J connectivity index is 1.70. The summed E-state index contributed by atoms with van der Waals surface area (Å²) in [5.41, 5.74) is 0.573. The Labute approximate surface area is 147 Å². The molecule has 1 aliphatic carbocycles. The molecule has 1 fully saturated rings. The van der Waals surface area contributed by atoms with E-state index in [9.17, 15) is 9.59 Å². The first kappa shape index (κ1) is 17.2. The van der Waals surface area contributed by atoms with E-state index in [1.807, 2.05) is 22.7 Å². The molecule has 0 radical (unpaired) electrons. The van der Waals surface area contributed by atoms with Crippen LogP contribution in [0.4, 0.5) is 0 Å². The number of aryl methyl sites for hydroxylation is 1. The highest BCUT2D eigenvalue weighted by molar-refractivity contribution is 5.94. The highest BCUT2D eigenvalue weighted by atomic mass is 16.5. The molecule has 6 nitrogen and oxygen atoms in total. The van der Waals surface area contributed by atoms with Gasteiger partial charge in [0, 0.05) is 31.0 Å². The minimum absolute atomic E-state index is 0.0289. The molecule has 1 saturated carbocycles. The fraction of sp³-hybridized carbons (Fsp3) is 0.421. The summed E-state index contributed by atoms with van der Waals surface area (Å²) in [6.07, 6.45) is 5.02. The van der Waals surface area contributed by atoms with E-state index in [0.29, 0.717) is 17.9 Å². The van der Waals surface area contributed by atoms with Gasteiger partial charge in [-0.3, -0.25) is 9.59 Å². The molecule has 1 aromatic carbocycles. The average Bonchev–Trinajstić information content (AvgIpc) is 3.35. The molecule has 1 aliphatic rings. The molecule has 3 rings (SSSR count). The van der Waals surface area contributed by atoms with Gasteiger partial charge in [0.1, 0.15) is 11.6 Å². The van der Waals surface area contributed by atoms with Crippen LogP contribution in [0, 0.1) is 0 Å². The first-order valence-corrected chi connectivity index (χ1v) is 8.50. The number of carbonyl (C=O) groups is 2. The lowest BCUT2D eigenvalue weighted by molar-refractivity contribution is -0.139. The zero-order valence-corrected chi connectivity index (χ0v) is 14.8. The van der Waals surface area contributed by atoms with Gasteiger partial charge < -0.3 is 14.2 Å². The van der Waals surface area contributed by atoms with Gasteiger partial charge in [-0.15, -0.1) is 0 Å². The topological polar surface area (TPSA) is 64.4 Å². The zero-order valence-electron chi connectivity index (χ0n) is 14.8. The largest absolute Gasteiger partial charge is 0.481 e. The van der Waals surface area contributed by atoms with Crippen LogP contribution >= 0.6 is 0 Å². The number of ketones is 1. The van der Waals surface area contributed by atoms with Gasteiger partial charge in [-0.05, 0) is 38.8 Å². The minimum atomic E-state index is -0.622. The van der Waals surface area contributed by atoms with Gasteiger partial charge in [-0.25, -0.2) is 4.98 Å². The maximum atomic E-state index is 12.9. The number of benzene rings is 1. The molecule has 1 atom stereocenters. The molecule has 0 spiro atoms. The Bertz CT molecular complexity index is 780. The molecular weight excluding hydrogens is 318 g/mol. The van der Waals surface area contributed by atoms with Gasteiger partial charge in [0.2, 0.25) is 0 Å². The monoisotopic (exact) mass is 341 g/mol. The second-order valence-corrected chi connectivity index (χ2v) is 6.50. The van der Waals surface area contributed by atoms with E-state index in [1.54, 1.807) is 37.4 Å². The lowest BCUT2D eigenvalue weighted by Gasteiger charge is -2.26. The Morgan fingerprint density at radius 3 is 2.76 bits per heavy atom. The molecule has 1 amide bonds. The summed E-state index contributed by atoms with van der Waals surface area (Å²) in [7, 11) is 1.92. The average molecular weight is 341 g/mol. The molecule has 132 valence electrons. The molecular formula is C19H23N3O3. The van der Waals surface area contributed by atoms with Crippen molar-refractivity contribution in [3.63, 3.8) is 0 Å².